The zero-order valence-corrected chi connectivity index (χ0v) is 10.2. The van der Waals surface area contributed by atoms with Crippen LogP contribution in [0, 0.1) is 29.1 Å². The van der Waals surface area contributed by atoms with Crippen LogP contribution in [0.1, 0.15) is 54.4 Å². The first kappa shape index (κ1) is 11.1. The van der Waals surface area contributed by atoms with E-state index in [0.29, 0.717) is 5.41 Å². The van der Waals surface area contributed by atoms with Gasteiger partial charge >= 0.3 is 0 Å². The third kappa shape index (κ3) is 1.92. The van der Waals surface area contributed by atoms with E-state index in [0.717, 1.165) is 23.7 Å². The van der Waals surface area contributed by atoms with E-state index in [2.05, 4.69) is 41.5 Å². The summed E-state index contributed by atoms with van der Waals surface area (Å²) >= 11 is 0. The van der Waals surface area contributed by atoms with E-state index in [1.807, 2.05) is 0 Å². The Kier molecular flexibility index (Phi) is 3.09. The van der Waals surface area contributed by atoms with Crippen molar-refractivity contribution >= 4 is 0 Å². The second-order valence-electron chi connectivity index (χ2n) is 5.87. The Hall–Kier alpha value is 0. The van der Waals surface area contributed by atoms with E-state index in [-0.39, 0.29) is 0 Å². The number of hydrogen-bond donors (Lipinski definition) is 0. The second-order valence-corrected chi connectivity index (χ2v) is 5.87. The molecular formula is C13H26. The highest BCUT2D eigenvalue weighted by Crippen LogP contribution is 2.50. The SMILES string of the molecule is CCC(C)(C)C(C)C1CC(C)C1C. The van der Waals surface area contributed by atoms with Crippen molar-refractivity contribution < 1.29 is 0 Å². The van der Waals surface area contributed by atoms with Gasteiger partial charge in [0.25, 0.3) is 0 Å². The van der Waals surface area contributed by atoms with Gasteiger partial charge < -0.3 is 0 Å². The normalized spacial score (nSPS) is 36.9. The molecule has 0 heteroatoms. The molecule has 0 aliphatic heterocycles. The van der Waals surface area contributed by atoms with Gasteiger partial charge in [-0.3, -0.25) is 0 Å². The van der Waals surface area contributed by atoms with Gasteiger partial charge in [-0.2, -0.15) is 0 Å². The fourth-order valence-corrected chi connectivity index (χ4v) is 2.65. The van der Waals surface area contributed by atoms with E-state index in [1.165, 1.54) is 12.8 Å². The maximum Gasteiger partial charge on any atom is -0.0328 e. The van der Waals surface area contributed by atoms with Gasteiger partial charge in [-0.15, -0.1) is 0 Å². The molecule has 0 saturated heterocycles. The molecule has 0 aromatic heterocycles. The van der Waals surface area contributed by atoms with Gasteiger partial charge in [0.05, 0.1) is 0 Å². The minimum absolute atomic E-state index is 0.541. The first-order chi connectivity index (χ1) is 5.90. The Labute approximate surface area is 84.1 Å². The van der Waals surface area contributed by atoms with E-state index in [9.17, 15) is 0 Å². The van der Waals surface area contributed by atoms with Gasteiger partial charge in [0.15, 0.2) is 0 Å². The summed E-state index contributed by atoms with van der Waals surface area (Å²) in [4.78, 5) is 0. The average molecular weight is 182 g/mol. The van der Waals surface area contributed by atoms with Crippen LogP contribution in [0.2, 0.25) is 0 Å². The molecule has 0 bridgehead atoms. The maximum atomic E-state index is 2.45. The van der Waals surface area contributed by atoms with Crippen molar-refractivity contribution in [1.82, 2.24) is 0 Å². The largest absolute Gasteiger partial charge is 0.0649 e. The summed E-state index contributed by atoms with van der Waals surface area (Å²) in [6.45, 7) is 14.5. The molecular weight excluding hydrogens is 156 g/mol. The van der Waals surface area contributed by atoms with Gasteiger partial charge in [0.1, 0.15) is 0 Å². The summed E-state index contributed by atoms with van der Waals surface area (Å²) < 4.78 is 0. The highest BCUT2D eigenvalue weighted by atomic mass is 14.5. The van der Waals surface area contributed by atoms with Crippen LogP contribution in [-0.2, 0) is 0 Å². The quantitative estimate of drug-likeness (QED) is 0.608. The van der Waals surface area contributed by atoms with Gasteiger partial charge in [0.2, 0.25) is 0 Å². The van der Waals surface area contributed by atoms with Crippen molar-refractivity contribution in [2.45, 2.75) is 54.4 Å². The summed E-state index contributed by atoms with van der Waals surface area (Å²) in [6, 6.07) is 0. The molecule has 0 nitrogen and oxygen atoms in total. The predicted molar refractivity (Wildman–Crippen MR) is 59.7 cm³/mol. The number of rotatable bonds is 3. The maximum absolute atomic E-state index is 2.45. The summed E-state index contributed by atoms with van der Waals surface area (Å²) in [7, 11) is 0. The van der Waals surface area contributed by atoms with E-state index in [1.54, 1.807) is 0 Å². The molecule has 13 heavy (non-hydrogen) atoms. The van der Waals surface area contributed by atoms with Gasteiger partial charge in [-0.1, -0.05) is 48.0 Å². The smallest absolute Gasteiger partial charge is 0.0328 e. The van der Waals surface area contributed by atoms with Crippen molar-refractivity contribution in [3.05, 3.63) is 0 Å². The molecule has 1 rings (SSSR count). The first-order valence-electron chi connectivity index (χ1n) is 5.90. The Balaban J connectivity index is 2.54. The van der Waals surface area contributed by atoms with Crippen LogP contribution in [0.4, 0.5) is 0 Å². The lowest BCUT2D eigenvalue weighted by molar-refractivity contribution is -0.000244. The standard InChI is InChI=1S/C13H26/c1-7-13(5,6)11(4)12-8-9(2)10(12)3/h9-12H,7-8H2,1-6H3. The van der Waals surface area contributed by atoms with Crippen LogP contribution >= 0.6 is 0 Å². The molecule has 0 radical (unpaired) electrons. The Bertz CT molecular complexity index is 169. The molecule has 0 aromatic carbocycles. The molecule has 4 atom stereocenters. The lowest BCUT2D eigenvalue weighted by Crippen LogP contribution is -2.42. The average Bonchev–Trinajstić information content (AvgIpc) is 2.12. The van der Waals surface area contributed by atoms with E-state index in [4.69, 9.17) is 0 Å². The Morgan fingerprint density at radius 2 is 1.85 bits per heavy atom. The molecule has 0 aromatic rings. The molecule has 1 aliphatic rings. The van der Waals surface area contributed by atoms with Gasteiger partial charge in [0, 0.05) is 0 Å². The molecule has 0 heterocycles. The molecule has 0 N–H and O–H groups in total. The van der Waals surface area contributed by atoms with Crippen molar-refractivity contribution in [1.29, 1.82) is 0 Å². The van der Waals surface area contributed by atoms with Crippen LogP contribution in [0.3, 0.4) is 0 Å². The topological polar surface area (TPSA) is 0 Å². The fraction of sp³-hybridized carbons (Fsp3) is 1.00. The van der Waals surface area contributed by atoms with Crippen LogP contribution in [0.15, 0.2) is 0 Å². The monoisotopic (exact) mass is 182 g/mol. The van der Waals surface area contributed by atoms with E-state index < -0.39 is 0 Å². The molecule has 0 spiro atoms. The summed E-state index contributed by atoms with van der Waals surface area (Å²) in [5.41, 5.74) is 0.541. The molecule has 0 amide bonds. The van der Waals surface area contributed by atoms with Crippen molar-refractivity contribution in [3.63, 3.8) is 0 Å². The predicted octanol–water partition coefficient (Wildman–Crippen LogP) is 4.35. The molecule has 1 aliphatic carbocycles. The molecule has 78 valence electrons. The zero-order chi connectivity index (χ0) is 10.2. The fourth-order valence-electron chi connectivity index (χ4n) is 2.65. The van der Waals surface area contributed by atoms with Crippen molar-refractivity contribution in [2.24, 2.45) is 29.1 Å². The Morgan fingerprint density at radius 3 is 2.15 bits per heavy atom. The van der Waals surface area contributed by atoms with Crippen LogP contribution in [0.25, 0.3) is 0 Å². The lowest BCUT2D eigenvalue weighted by Gasteiger charge is -2.49. The minimum Gasteiger partial charge on any atom is -0.0649 e. The van der Waals surface area contributed by atoms with Gasteiger partial charge in [-0.25, -0.2) is 0 Å². The third-order valence-electron chi connectivity index (χ3n) is 5.00. The molecule has 4 unspecified atom stereocenters. The number of hydrogen-bond acceptors (Lipinski definition) is 0. The summed E-state index contributed by atoms with van der Waals surface area (Å²) in [5.74, 6) is 3.81. The highest BCUT2D eigenvalue weighted by Gasteiger charge is 2.42. The second kappa shape index (κ2) is 3.63. The van der Waals surface area contributed by atoms with Crippen molar-refractivity contribution in [3.8, 4) is 0 Å². The summed E-state index contributed by atoms with van der Waals surface area (Å²) in [6.07, 6.45) is 2.78. The van der Waals surface area contributed by atoms with Gasteiger partial charge in [-0.05, 0) is 35.5 Å². The summed E-state index contributed by atoms with van der Waals surface area (Å²) in [5, 5.41) is 0. The molecule has 1 fully saturated rings. The lowest BCUT2D eigenvalue weighted by atomic mass is 9.56. The van der Waals surface area contributed by atoms with E-state index >= 15 is 0 Å². The minimum atomic E-state index is 0.541. The van der Waals surface area contributed by atoms with Crippen LogP contribution in [0.5, 0.6) is 0 Å². The molecule has 1 saturated carbocycles. The zero-order valence-electron chi connectivity index (χ0n) is 10.2. The Morgan fingerprint density at radius 1 is 1.31 bits per heavy atom. The highest BCUT2D eigenvalue weighted by molar-refractivity contribution is 4.91. The third-order valence-corrected chi connectivity index (χ3v) is 5.00. The van der Waals surface area contributed by atoms with Crippen LogP contribution in [-0.4, -0.2) is 0 Å². The van der Waals surface area contributed by atoms with Crippen LogP contribution < -0.4 is 0 Å². The van der Waals surface area contributed by atoms with Crippen molar-refractivity contribution in [2.75, 3.05) is 0 Å². The first-order valence-corrected chi connectivity index (χ1v) is 5.90.